The summed E-state index contributed by atoms with van der Waals surface area (Å²) in [5, 5.41) is 3.34. The molecule has 0 fully saturated rings. The number of guanidine groups is 1. The third-order valence-electron chi connectivity index (χ3n) is 4.41. The normalized spacial score (nSPS) is 11.0. The quantitative estimate of drug-likeness (QED) is 0.514. The Morgan fingerprint density at radius 1 is 0.897 bits per heavy atom. The molecule has 0 saturated heterocycles. The van der Waals surface area contributed by atoms with Crippen LogP contribution in [0.1, 0.15) is 18.1 Å². The molecule has 0 radical (unpaired) electrons. The molecule has 29 heavy (non-hydrogen) atoms. The summed E-state index contributed by atoms with van der Waals surface area (Å²) in [7, 11) is 8.49. The second-order valence-electron chi connectivity index (χ2n) is 6.41. The average molecular weight is 402 g/mol. The van der Waals surface area contributed by atoms with E-state index in [1.807, 2.05) is 31.3 Å². The zero-order valence-corrected chi connectivity index (χ0v) is 18.1. The summed E-state index contributed by atoms with van der Waals surface area (Å²) in [4.78, 5) is 6.86. The van der Waals surface area contributed by atoms with Crippen LogP contribution in [0.3, 0.4) is 0 Å². The average Bonchev–Trinajstić information content (AvgIpc) is 2.76. The van der Waals surface area contributed by atoms with Crippen LogP contribution in [0.2, 0.25) is 0 Å². The fraction of sp³-hybridized carbons (Fsp3) is 0.409. The number of nitrogens with zero attached hydrogens (tertiary/aromatic N) is 2. The zero-order valence-electron chi connectivity index (χ0n) is 18.1. The molecule has 2 rings (SSSR count). The van der Waals surface area contributed by atoms with Crippen molar-refractivity contribution in [2.75, 3.05) is 42.0 Å². The summed E-state index contributed by atoms with van der Waals surface area (Å²) in [6.07, 6.45) is 0. The van der Waals surface area contributed by atoms with E-state index < -0.39 is 0 Å². The fourth-order valence-corrected chi connectivity index (χ4v) is 2.94. The van der Waals surface area contributed by atoms with Crippen LogP contribution in [-0.2, 0) is 13.1 Å². The molecule has 0 amide bonds. The summed E-state index contributed by atoms with van der Waals surface area (Å²) < 4.78 is 21.5. The van der Waals surface area contributed by atoms with E-state index in [-0.39, 0.29) is 0 Å². The number of hydrogen-bond donors (Lipinski definition) is 1. The monoisotopic (exact) mass is 401 g/mol. The second-order valence-corrected chi connectivity index (χ2v) is 6.41. The van der Waals surface area contributed by atoms with Gasteiger partial charge in [-0.2, -0.15) is 0 Å². The molecule has 0 aliphatic carbocycles. The van der Waals surface area contributed by atoms with E-state index in [4.69, 9.17) is 23.9 Å². The van der Waals surface area contributed by atoms with E-state index in [0.717, 1.165) is 30.4 Å². The third kappa shape index (κ3) is 5.94. The van der Waals surface area contributed by atoms with Gasteiger partial charge in [0.2, 0.25) is 5.75 Å². The molecule has 2 aromatic carbocycles. The molecular weight excluding hydrogens is 370 g/mol. The molecule has 158 valence electrons. The number of benzene rings is 2. The van der Waals surface area contributed by atoms with E-state index in [9.17, 15) is 0 Å². The molecule has 0 aliphatic heterocycles. The van der Waals surface area contributed by atoms with Gasteiger partial charge in [0.05, 0.1) is 35.0 Å². The molecule has 1 N–H and O–H groups in total. The van der Waals surface area contributed by atoms with Crippen molar-refractivity contribution in [2.24, 2.45) is 4.99 Å². The molecular formula is C22H31N3O4. The minimum atomic E-state index is 0.478. The largest absolute Gasteiger partial charge is 0.497 e. The minimum absolute atomic E-state index is 0.478. The molecule has 0 aromatic heterocycles. The Labute approximate surface area is 173 Å². The highest BCUT2D eigenvalue weighted by Crippen LogP contribution is 2.38. The highest BCUT2D eigenvalue weighted by atomic mass is 16.5. The van der Waals surface area contributed by atoms with Crippen LogP contribution in [0.25, 0.3) is 0 Å². The molecule has 0 bridgehead atoms. The Hall–Kier alpha value is -3.09. The Balaban J connectivity index is 2.19. The van der Waals surface area contributed by atoms with Gasteiger partial charge in [-0.15, -0.1) is 0 Å². The van der Waals surface area contributed by atoms with E-state index in [1.54, 1.807) is 28.4 Å². The van der Waals surface area contributed by atoms with Gasteiger partial charge in [-0.25, -0.2) is 4.99 Å². The van der Waals surface area contributed by atoms with Gasteiger partial charge in [-0.05, 0) is 42.3 Å². The number of ether oxygens (including phenoxy) is 4. The van der Waals surface area contributed by atoms with Gasteiger partial charge in [0.25, 0.3) is 0 Å². The summed E-state index contributed by atoms with van der Waals surface area (Å²) in [6, 6.07) is 11.9. The first kappa shape index (κ1) is 22.2. The van der Waals surface area contributed by atoms with Crippen molar-refractivity contribution in [2.45, 2.75) is 20.0 Å². The Bertz CT molecular complexity index is 781. The summed E-state index contributed by atoms with van der Waals surface area (Å²) >= 11 is 0. The van der Waals surface area contributed by atoms with Gasteiger partial charge in [-0.3, -0.25) is 0 Å². The molecule has 7 heteroatoms. The maximum atomic E-state index is 5.43. The number of aliphatic imine (C=N–C) groups is 1. The molecule has 0 saturated carbocycles. The van der Waals surface area contributed by atoms with Gasteiger partial charge in [-0.1, -0.05) is 12.1 Å². The van der Waals surface area contributed by atoms with Crippen LogP contribution < -0.4 is 24.3 Å². The van der Waals surface area contributed by atoms with Gasteiger partial charge in [0.1, 0.15) is 5.75 Å². The fourth-order valence-electron chi connectivity index (χ4n) is 2.94. The van der Waals surface area contributed by atoms with Crippen molar-refractivity contribution in [3.63, 3.8) is 0 Å². The zero-order chi connectivity index (χ0) is 21.2. The lowest BCUT2D eigenvalue weighted by molar-refractivity contribution is 0.324. The van der Waals surface area contributed by atoms with Crippen LogP contribution in [-0.4, -0.2) is 52.9 Å². The maximum absolute atomic E-state index is 5.43. The van der Waals surface area contributed by atoms with E-state index in [2.05, 4.69) is 29.3 Å². The van der Waals surface area contributed by atoms with Crippen LogP contribution >= 0.6 is 0 Å². The highest BCUT2D eigenvalue weighted by molar-refractivity contribution is 5.79. The Morgan fingerprint density at radius 3 is 2.00 bits per heavy atom. The van der Waals surface area contributed by atoms with Crippen LogP contribution in [0.4, 0.5) is 0 Å². The van der Waals surface area contributed by atoms with Crippen LogP contribution in [0, 0.1) is 0 Å². The molecule has 0 spiro atoms. The smallest absolute Gasteiger partial charge is 0.203 e. The van der Waals surface area contributed by atoms with Crippen molar-refractivity contribution >= 4 is 5.96 Å². The second kappa shape index (κ2) is 11.0. The first-order valence-electron chi connectivity index (χ1n) is 9.47. The summed E-state index contributed by atoms with van der Waals surface area (Å²) in [5.74, 6) is 3.48. The van der Waals surface area contributed by atoms with Crippen molar-refractivity contribution in [3.8, 4) is 23.0 Å². The van der Waals surface area contributed by atoms with Crippen molar-refractivity contribution < 1.29 is 18.9 Å². The van der Waals surface area contributed by atoms with Gasteiger partial charge < -0.3 is 29.2 Å². The number of methoxy groups -OCH3 is 4. The van der Waals surface area contributed by atoms with Crippen molar-refractivity contribution in [1.82, 2.24) is 10.2 Å². The van der Waals surface area contributed by atoms with E-state index in [1.165, 1.54) is 5.56 Å². The van der Waals surface area contributed by atoms with Crippen molar-refractivity contribution in [3.05, 3.63) is 47.5 Å². The lowest BCUT2D eigenvalue weighted by Gasteiger charge is -2.22. The topological polar surface area (TPSA) is 64.6 Å². The highest BCUT2D eigenvalue weighted by Gasteiger charge is 2.13. The van der Waals surface area contributed by atoms with E-state index >= 15 is 0 Å². The number of rotatable bonds is 9. The maximum Gasteiger partial charge on any atom is 0.203 e. The Kier molecular flexibility index (Phi) is 8.45. The predicted molar refractivity (Wildman–Crippen MR) is 115 cm³/mol. The SMILES string of the molecule is CCNC(=NCc1cc(OC)c(OC)c(OC)c1)N(C)Cc1ccc(OC)cc1. The molecule has 0 heterocycles. The van der Waals surface area contributed by atoms with Crippen molar-refractivity contribution in [1.29, 1.82) is 0 Å². The van der Waals surface area contributed by atoms with Crippen LogP contribution in [0.15, 0.2) is 41.4 Å². The third-order valence-corrected chi connectivity index (χ3v) is 4.41. The van der Waals surface area contributed by atoms with Crippen LogP contribution in [0.5, 0.6) is 23.0 Å². The van der Waals surface area contributed by atoms with E-state index in [0.29, 0.717) is 23.8 Å². The number of nitrogens with one attached hydrogen (secondary N) is 1. The molecule has 7 nitrogen and oxygen atoms in total. The lowest BCUT2D eigenvalue weighted by atomic mass is 10.2. The summed E-state index contributed by atoms with van der Waals surface area (Å²) in [5.41, 5.74) is 2.14. The lowest BCUT2D eigenvalue weighted by Crippen LogP contribution is -2.38. The molecule has 2 aromatic rings. The Morgan fingerprint density at radius 2 is 1.52 bits per heavy atom. The standard InChI is InChI=1S/C22H31N3O4/c1-7-23-22(25(2)15-16-8-10-18(26-3)11-9-16)24-14-17-12-19(27-4)21(29-6)20(13-17)28-5/h8-13H,7,14-15H2,1-6H3,(H,23,24). The van der Waals surface area contributed by atoms with Gasteiger partial charge in [0, 0.05) is 20.1 Å². The first-order chi connectivity index (χ1) is 14.1. The minimum Gasteiger partial charge on any atom is -0.497 e. The summed E-state index contributed by atoms with van der Waals surface area (Å²) in [6.45, 7) is 4.04. The number of hydrogen-bond acceptors (Lipinski definition) is 5. The predicted octanol–water partition coefficient (Wildman–Crippen LogP) is 3.32. The first-order valence-corrected chi connectivity index (χ1v) is 9.47. The molecule has 0 unspecified atom stereocenters. The van der Waals surface area contributed by atoms with Gasteiger partial charge >= 0.3 is 0 Å². The molecule has 0 aliphatic rings. The van der Waals surface area contributed by atoms with Gasteiger partial charge in [0.15, 0.2) is 17.5 Å². The molecule has 0 atom stereocenters.